The van der Waals surface area contributed by atoms with Crippen LogP contribution in [-0.4, -0.2) is 24.3 Å². The molecule has 1 fully saturated rings. The van der Waals surface area contributed by atoms with E-state index in [9.17, 15) is 5.11 Å². The van der Waals surface area contributed by atoms with Gasteiger partial charge in [0.2, 0.25) is 0 Å². The summed E-state index contributed by atoms with van der Waals surface area (Å²) >= 11 is 0. The molecule has 96 valence electrons. The zero-order valence-corrected chi connectivity index (χ0v) is 11.3. The van der Waals surface area contributed by atoms with Crippen LogP contribution in [0.1, 0.15) is 59.3 Å². The summed E-state index contributed by atoms with van der Waals surface area (Å²) < 4.78 is 0. The van der Waals surface area contributed by atoms with Crippen LogP contribution < -0.4 is 5.32 Å². The fourth-order valence-corrected chi connectivity index (χ4v) is 2.50. The average Bonchev–Trinajstić information content (AvgIpc) is 2.36. The summed E-state index contributed by atoms with van der Waals surface area (Å²) in [6, 6.07) is 0.609. The normalized spacial score (nSPS) is 24.0. The smallest absolute Gasteiger partial charge is 0.0496 e. The van der Waals surface area contributed by atoms with E-state index in [0.29, 0.717) is 6.04 Å². The zero-order chi connectivity index (χ0) is 12.0. The van der Waals surface area contributed by atoms with Crippen LogP contribution in [0.5, 0.6) is 0 Å². The van der Waals surface area contributed by atoms with Gasteiger partial charge in [-0.05, 0) is 32.1 Å². The van der Waals surface area contributed by atoms with Crippen molar-refractivity contribution in [1.29, 1.82) is 0 Å². The van der Waals surface area contributed by atoms with Gasteiger partial charge in [-0.2, -0.15) is 0 Å². The molecule has 0 spiro atoms. The van der Waals surface area contributed by atoms with Crippen molar-refractivity contribution >= 4 is 0 Å². The molecule has 2 N–H and O–H groups in total. The lowest BCUT2D eigenvalue weighted by Gasteiger charge is -2.33. The van der Waals surface area contributed by atoms with Crippen molar-refractivity contribution in [2.75, 3.05) is 13.2 Å². The molecule has 1 saturated carbocycles. The SMILES string of the molecule is CCC(C)(CO)CN[C@H](C)C1CCCCC1. The van der Waals surface area contributed by atoms with E-state index in [0.717, 1.165) is 18.9 Å². The number of hydrogen-bond donors (Lipinski definition) is 2. The molecule has 2 atom stereocenters. The van der Waals surface area contributed by atoms with Crippen molar-refractivity contribution in [3.8, 4) is 0 Å². The Bertz CT molecular complexity index is 183. The second-order valence-electron chi connectivity index (χ2n) is 5.89. The Morgan fingerprint density at radius 3 is 2.44 bits per heavy atom. The Morgan fingerprint density at radius 2 is 1.94 bits per heavy atom. The number of aliphatic hydroxyl groups is 1. The maximum atomic E-state index is 9.37. The third-order valence-corrected chi connectivity index (χ3v) is 4.44. The molecule has 0 bridgehead atoms. The van der Waals surface area contributed by atoms with Gasteiger partial charge in [-0.15, -0.1) is 0 Å². The first-order chi connectivity index (χ1) is 7.61. The summed E-state index contributed by atoms with van der Waals surface area (Å²) in [5, 5.41) is 13.0. The van der Waals surface area contributed by atoms with Crippen molar-refractivity contribution in [3.63, 3.8) is 0 Å². The molecule has 0 aromatic carbocycles. The van der Waals surface area contributed by atoms with Crippen molar-refractivity contribution in [2.24, 2.45) is 11.3 Å². The Balaban J connectivity index is 2.30. The summed E-state index contributed by atoms with van der Waals surface area (Å²) in [6.45, 7) is 7.85. The highest BCUT2D eigenvalue weighted by Gasteiger charge is 2.24. The minimum absolute atomic E-state index is 0.0585. The van der Waals surface area contributed by atoms with E-state index in [1.54, 1.807) is 0 Å². The first-order valence-electron chi connectivity index (χ1n) is 6.95. The zero-order valence-electron chi connectivity index (χ0n) is 11.3. The Kier molecular flexibility index (Phi) is 5.77. The molecular formula is C14H29NO. The number of aliphatic hydroxyl groups excluding tert-OH is 1. The van der Waals surface area contributed by atoms with Crippen LogP contribution in [0.25, 0.3) is 0 Å². The quantitative estimate of drug-likeness (QED) is 0.731. The molecule has 0 heterocycles. The predicted molar refractivity (Wildman–Crippen MR) is 69.5 cm³/mol. The lowest BCUT2D eigenvalue weighted by molar-refractivity contribution is 0.126. The molecule has 0 aliphatic heterocycles. The molecule has 0 amide bonds. The van der Waals surface area contributed by atoms with Gasteiger partial charge in [0.25, 0.3) is 0 Å². The molecular weight excluding hydrogens is 198 g/mol. The third-order valence-electron chi connectivity index (χ3n) is 4.44. The van der Waals surface area contributed by atoms with Crippen LogP contribution in [0.4, 0.5) is 0 Å². The number of nitrogens with one attached hydrogen (secondary N) is 1. The van der Waals surface area contributed by atoms with Crippen LogP contribution in [0.15, 0.2) is 0 Å². The van der Waals surface area contributed by atoms with E-state index in [1.807, 2.05) is 0 Å². The summed E-state index contributed by atoms with van der Waals surface area (Å²) in [4.78, 5) is 0. The van der Waals surface area contributed by atoms with Gasteiger partial charge in [0.05, 0.1) is 0 Å². The Labute approximate surface area is 101 Å². The van der Waals surface area contributed by atoms with Gasteiger partial charge < -0.3 is 10.4 Å². The second kappa shape index (κ2) is 6.61. The fraction of sp³-hybridized carbons (Fsp3) is 1.00. The Morgan fingerprint density at radius 1 is 1.31 bits per heavy atom. The molecule has 0 aromatic rings. The van der Waals surface area contributed by atoms with Crippen molar-refractivity contribution in [2.45, 2.75) is 65.3 Å². The summed E-state index contributed by atoms with van der Waals surface area (Å²) in [5.41, 5.74) is 0.0585. The maximum Gasteiger partial charge on any atom is 0.0496 e. The molecule has 1 rings (SSSR count). The van der Waals surface area contributed by atoms with E-state index in [-0.39, 0.29) is 12.0 Å². The molecule has 1 unspecified atom stereocenters. The predicted octanol–water partition coefficient (Wildman–Crippen LogP) is 2.95. The largest absolute Gasteiger partial charge is 0.396 e. The van der Waals surface area contributed by atoms with Crippen molar-refractivity contribution in [3.05, 3.63) is 0 Å². The molecule has 2 heteroatoms. The molecule has 0 saturated heterocycles. The van der Waals surface area contributed by atoms with Crippen LogP contribution in [-0.2, 0) is 0 Å². The van der Waals surface area contributed by atoms with Crippen molar-refractivity contribution in [1.82, 2.24) is 5.32 Å². The van der Waals surface area contributed by atoms with Gasteiger partial charge in [0.15, 0.2) is 0 Å². The maximum absolute atomic E-state index is 9.37. The van der Waals surface area contributed by atoms with E-state index in [2.05, 4.69) is 26.1 Å². The van der Waals surface area contributed by atoms with Crippen LogP contribution in [0.3, 0.4) is 0 Å². The summed E-state index contributed by atoms with van der Waals surface area (Å²) in [6.07, 6.45) is 8.04. The highest BCUT2D eigenvalue weighted by molar-refractivity contribution is 4.80. The van der Waals surface area contributed by atoms with E-state index < -0.39 is 0 Å². The van der Waals surface area contributed by atoms with Gasteiger partial charge in [-0.1, -0.05) is 33.1 Å². The highest BCUT2D eigenvalue weighted by atomic mass is 16.3. The molecule has 0 aromatic heterocycles. The molecule has 16 heavy (non-hydrogen) atoms. The minimum atomic E-state index is 0.0585. The average molecular weight is 227 g/mol. The van der Waals surface area contributed by atoms with E-state index in [1.165, 1.54) is 32.1 Å². The fourth-order valence-electron chi connectivity index (χ4n) is 2.50. The van der Waals surface area contributed by atoms with Gasteiger partial charge in [-0.3, -0.25) is 0 Å². The van der Waals surface area contributed by atoms with Crippen LogP contribution >= 0.6 is 0 Å². The van der Waals surface area contributed by atoms with E-state index >= 15 is 0 Å². The second-order valence-corrected chi connectivity index (χ2v) is 5.89. The third kappa shape index (κ3) is 4.06. The lowest BCUT2D eigenvalue weighted by Crippen LogP contribution is -2.42. The van der Waals surface area contributed by atoms with Gasteiger partial charge in [0.1, 0.15) is 0 Å². The first-order valence-corrected chi connectivity index (χ1v) is 6.95. The highest BCUT2D eigenvalue weighted by Crippen LogP contribution is 2.27. The summed E-state index contributed by atoms with van der Waals surface area (Å²) in [7, 11) is 0. The molecule has 1 aliphatic rings. The lowest BCUT2D eigenvalue weighted by atomic mass is 9.83. The monoisotopic (exact) mass is 227 g/mol. The van der Waals surface area contributed by atoms with Crippen molar-refractivity contribution < 1.29 is 5.11 Å². The number of hydrogen-bond acceptors (Lipinski definition) is 2. The molecule has 1 aliphatic carbocycles. The first kappa shape index (κ1) is 14.0. The van der Waals surface area contributed by atoms with Crippen LogP contribution in [0, 0.1) is 11.3 Å². The van der Waals surface area contributed by atoms with Gasteiger partial charge in [-0.25, -0.2) is 0 Å². The minimum Gasteiger partial charge on any atom is -0.396 e. The van der Waals surface area contributed by atoms with E-state index in [4.69, 9.17) is 0 Å². The standard InChI is InChI=1S/C14H29NO/c1-4-14(3,11-16)10-15-12(2)13-8-6-5-7-9-13/h12-13,15-16H,4-11H2,1-3H3/t12-,14?/m1/s1. The van der Waals surface area contributed by atoms with Gasteiger partial charge >= 0.3 is 0 Å². The molecule has 0 radical (unpaired) electrons. The summed E-state index contributed by atoms with van der Waals surface area (Å²) in [5.74, 6) is 0.855. The Hall–Kier alpha value is -0.0800. The van der Waals surface area contributed by atoms with Gasteiger partial charge in [0, 0.05) is 24.6 Å². The topological polar surface area (TPSA) is 32.3 Å². The number of rotatable bonds is 6. The van der Waals surface area contributed by atoms with Crippen LogP contribution in [0.2, 0.25) is 0 Å². The molecule has 2 nitrogen and oxygen atoms in total.